The van der Waals surface area contributed by atoms with Gasteiger partial charge in [-0.2, -0.15) is 0 Å². The SMILES string of the molecule is Cc1ccccc1OCC(O)CNCC(CO)C1CCCCC1. The molecule has 2 atom stereocenters. The van der Waals surface area contributed by atoms with E-state index < -0.39 is 6.10 Å². The number of nitrogens with one attached hydrogen (secondary N) is 1. The van der Waals surface area contributed by atoms with Gasteiger partial charge in [-0.15, -0.1) is 0 Å². The Kier molecular flexibility index (Phi) is 7.86. The Morgan fingerprint density at radius 1 is 1.17 bits per heavy atom. The van der Waals surface area contributed by atoms with Gasteiger partial charge in [-0.05, 0) is 30.4 Å². The van der Waals surface area contributed by atoms with Crippen LogP contribution in [0.1, 0.15) is 37.7 Å². The van der Waals surface area contributed by atoms with Crippen LogP contribution >= 0.6 is 0 Å². The van der Waals surface area contributed by atoms with Crippen molar-refractivity contribution in [2.75, 3.05) is 26.3 Å². The van der Waals surface area contributed by atoms with Crippen molar-refractivity contribution in [1.82, 2.24) is 5.32 Å². The molecular weight excluding hydrogens is 290 g/mol. The van der Waals surface area contributed by atoms with Crippen LogP contribution in [0.4, 0.5) is 0 Å². The minimum Gasteiger partial charge on any atom is -0.491 e. The lowest BCUT2D eigenvalue weighted by molar-refractivity contribution is 0.0978. The van der Waals surface area contributed by atoms with Gasteiger partial charge in [0.25, 0.3) is 0 Å². The standard InChI is InChI=1S/C19H31NO3/c1-15-7-5-6-10-19(15)23-14-18(22)12-20-11-17(13-21)16-8-3-2-4-9-16/h5-7,10,16-18,20-22H,2-4,8-9,11-14H2,1H3. The summed E-state index contributed by atoms with van der Waals surface area (Å²) in [5.41, 5.74) is 1.07. The van der Waals surface area contributed by atoms with E-state index in [9.17, 15) is 10.2 Å². The molecule has 0 heterocycles. The number of para-hydroxylation sites is 1. The Morgan fingerprint density at radius 3 is 2.61 bits per heavy atom. The minimum atomic E-state index is -0.541. The molecule has 1 saturated carbocycles. The van der Waals surface area contributed by atoms with Crippen LogP contribution in [0.5, 0.6) is 5.75 Å². The van der Waals surface area contributed by atoms with E-state index in [4.69, 9.17) is 4.74 Å². The molecular formula is C19H31NO3. The van der Waals surface area contributed by atoms with Gasteiger partial charge in [0.1, 0.15) is 18.5 Å². The Balaban J connectivity index is 1.65. The average molecular weight is 321 g/mol. The van der Waals surface area contributed by atoms with Crippen LogP contribution in [-0.2, 0) is 0 Å². The molecule has 0 radical (unpaired) electrons. The van der Waals surface area contributed by atoms with E-state index in [0.717, 1.165) is 17.9 Å². The molecule has 3 N–H and O–H groups in total. The zero-order valence-corrected chi connectivity index (χ0v) is 14.2. The van der Waals surface area contributed by atoms with Gasteiger partial charge in [-0.3, -0.25) is 0 Å². The molecule has 4 nitrogen and oxygen atoms in total. The average Bonchev–Trinajstić information content (AvgIpc) is 2.59. The van der Waals surface area contributed by atoms with Crippen molar-refractivity contribution in [3.63, 3.8) is 0 Å². The summed E-state index contributed by atoms with van der Waals surface area (Å²) in [4.78, 5) is 0. The van der Waals surface area contributed by atoms with E-state index in [0.29, 0.717) is 18.4 Å². The Labute approximate surface area is 139 Å². The number of aliphatic hydroxyl groups is 2. The molecule has 0 bridgehead atoms. The lowest BCUT2D eigenvalue weighted by Gasteiger charge is -2.29. The van der Waals surface area contributed by atoms with Crippen molar-refractivity contribution < 1.29 is 14.9 Å². The van der Waals surface area contributed by atoms with Gasteiger partial charge in [0.05, 0.1) is 0 Å². The molecule has 0 spiro atoms. The van der Waals surface area contributed by atoms with Crippen molar-refractivity contribution in [3.05, 3.63) is 29.8 Å². The normalized spacial score (nSPS) is 18.6. The molecule has 2 rings (SSSR count). The minimum absolute atomic E-state index is 0.230. The predicted molar refractivity (Wildman–Crippen MR) is 92.7 cm³/mol. The number of hydrogen-bond donors (Lipinski definition) is 3. The van der Waals surface area contributed by atoms with Gasteiger partial charge in [0.2, 0.25) is 0 Å². The fraction of sp³-hybridized carbons (Fsp3) is 0.684. The van der Waals surface area contributed by atoms with Crippen molar-refractivity contribution in [3.8, 4) is 5.75 Å². The first-order valence-corrected chi connectivity index (χ1v) is 8.88. The number of hydrogen-bond acceptors (Lipinski definition) is 4. The van der Waals surface area contributed by atoms with Gasteiger partial charge in [-0.25, -0.2) is 0 Å². The topological polar surface area (TPSA) is 61.7 Å². The summed E-state index contributed by atoms with van der Waals surface area (Å²) in [6.45, 7) is 3.77. The van der Waals surface area contributed by atoms with Crippen LogP contribution in [0.3, 0.4) is 0 Å². The maximum absolute atomic E-state index is 10.0. The Bertz CT molecular complexity index is 446. The molecule has 130 valence electrons. The third kappa shape index (κ3) is 6.13. The number of ether oxygens (including phenoxy) is 1. The smallest absolute Gasteiger partial charge is 0.122 e. The molecule has 0 saturated heterocycles. The van der Waals surface area contributed by atoms with Crippen LogP contribution in [0.2, 0.25) is 0 Å². The van der Waals surface area contributed by atoms with Gasteiger partial charge < -0.3 is 20.3 Å². The van der Waals surface area contributed by atoms with Gasteiger partial charge in [0, 0.05) is 19.7 Å². The Hall–Kier alpha value is -1.10. The summed E-state index contributed by atoms with van der Waals surface area (Å²) in [6, 6.07) is 7.82. The molecule has 1 aromatic rings. The summed E-state index contributed by atoms with van der Waals surface area (Å²) >= 11 is 0. The fourth-order valence-electron chi connectivity index (χ4n) is 3.38. The number of rotatable bonds is 9. The highest BCUT2D eigenvalue weighted by atomic mass is 16.5. The van der Waals surface area contributed by atoms with Crippen molar-refractivity contribution in [1.29, 1.82) is 0 Å². The summed E-state index contributed by atoms with van der Waals surface area (Å²) in [7, 11) is 0. The van der Waals surface area contributed by atoms with Crippen LogP contribution in [-0.4, -0.2) is 42.6 Å². The lowest BCUT2D eigenvalue weighted by atomic mass is 9.80. The summed E-state index contributed by atoms with van der Waals surface area (Å²) in [5.74, 6) is 1.75. The molecule has 2 unspecified atom stereocenters. The number of aryl methyl sites for hydroxylation is 1. The monoisotopic (exact) mass is 321 g/mol. The molecule has 1 aromatic carbocycles. The number of benzene rings is 1. The summed E-state index contributed by atoms with van der Waals surface area (Å²) in [6.07, 6.45) is 5.82. The van der Waals surface area contributed by atoms with Crippen LogP contribution < -0.4 is 10.1 Å². The highest BCUT2D eigenvalue weighted by Crippen LogP contribution is 2.29. The maximum Gasteiger partial charge on any atom is 0.122 e. The van der Waals surface area contributed by atoms with E-state index in [-0.39, 0.29) is 13.2 Å². The largest absolute Gasteiger partial charge is 0.491 e. The summed E-state index contributed by atoms with van der Waals surface area (Å²) in [5, 5.41) is 22.9. The lowest BCUT2D eigenvalue weighted by Crippen LogP contribution is -2.37. The van der Waals surface area contributed by atoms with E-state index in [1.54, 1.807) is 0 Å². The molecule has 4 heteroatoms. The van der Waals surface area contributed by atoms with Crippen molar-refractivity contribution in [2.24, 2.45) is 11.8 Å². The van der Waals surface area contributed by atoms with E-state index in [1.165, 1.54) is 32.1 Å². The van der Waals surface area contributed by atoms with Crippen molar-refractivity contribution in [2.45, 2.75) is 45.1 Å². The highest BCUT2D eigenvalue weighted by molar-refractivity contribution is 5.31. The zero-order chi connectivity index (χ0) is 16.5. The molecule has 23 heavy (non-hydrogen) atoms. The fourth-order valence-corrected chi connectivity index (χ4v) is 3.38. The van der Waals surface area contributed by atoms with Gasteiger partial charge in [0.15, 0.2) is 0 Å². The van der Waals surface area contributed by atoms with Crippen molar-refractivity contribution >= 4 is 0 Å². The molecule has 0 aromatic heterocycles. The first-order valence-electron chi connectivity index (χ1n) is 8.88. The highest BCUT2D eigenvalue weighted by Gasteiger charge is 2.22. The maximum atomic E-state index is 10.0. The van der Waals surface area contributed by atoms with Crippen LogP contribution in [0.15, 0.2) is 24.3 Å². The second-order valence-electron chi connectivity index (χ2n) is 6.73. The van der Waals surface area contributed by atoms with E-state index in [1.807, 2.05) is 31.2 Å². The molecule has 1 aliphatic carbocycles. The first-order chi connectivity index (χ1) is 11.2. The quantitative estimate of drug-likeness (QED) is 0.654. The third-order valence-electron chi connectivity index (χ3n) is 4.86. The molecule has 0 aliphatic heterocycles. The first kappa shape index (κ1) is 18.2. The van der Waals surface area contributed by atoms with Gasteiger partial charge in [-0.1, -0.05) is 50.3 Å². The third-order valence-corrected chi connectivity index (χ3v) is 4.86. The molecule has 1 fully saturated rings. The van der Waals surface area contributed by atoms with Gasteiger partial charge >= 0.3 is 0 Å². The molecule has 0 amide bonds. The zero-order valence-electron chi connectivity index (χ0n) is 14.2. The number of aliphatic hydroxyl groups excluding tert-OH is 2. The van der Waals surface area contributed by atoms with E-state index >= 15 is 0 Å². The van der Waals surface area contributed by atoms with Crippen LogP contribution in [0.25, 0.3) is 0 Å². The van der Waals surface area contributed by atoms with E-state index in [2.05, 4.69) is 5.32 Å². The predicted octanol–water partition coefficient (Wildman–Crippen LogP) is 2.51. The summed E-state index contributed by atoms with van der Waals surface area (Å²) < 4.78 is 5.66. The molecule has 1 aliphatic rings. The second kappa shape index (κ2) is 9.91. The van der Waals surface area contributed by atoms with Crippen LogP contribution in [0, 0.1) is 18.8 Å². The Morgan fingerprint density at radius 2 is 1.91 bits per heavy atom. The second-order valence-corrected chi connectivity index (χ2v) is 6.73.